The largest absolute Gasteiger partial charge is 0.454 e. The first-order valence-electron chi connectivity index (χ1n) is 33.7. The molecular formula is C72H72N12O16S5. The minimum absolute atomic E-state index is 0.105. The second kappa shape index (κ2) is 24.3. The molecule has 28 nitrogen and oxygen atoms in total. The van der Waals surface area contributed by atoms with E-state index in [9.17, 15) is 38.4 Å². The van der Waals surface area contributed by atoms with Gasteiger partial charge < -0.3 is 96.5 Å². The van der Waals surface area contributed by atoms with Crippen LogP contribution in [0.4, 0.5) is 0 Å². The van der Waals surface area contributed by atoms with Crippen molar-refractivity contribution in [2.45, 2.75) is 171 Å². The lowest BCUT2D eigenvalue weighted by molar-refractivity contribution is -0.164. The molecule has 15 heterocycles. The van der Waals surface area contributed by atoms with E-state index in [0.29, 0.717) is 65.3 Å². The van der Waals surface area contributed by atoms with Gasteiger partial charge in [0.05, 0.1) is 25.7 Å². The Morgan fingerprint density at radius 2 is 0.810 bits per heavy atom. The summed E-state index contributed by atoms with van der Waals surface area (Å²) in [5, 5.41) is 0. The first-order chi connectivity index (χ1) is 49.8. The van der Waals surface area contributed by atoms with Crippen LogP contribution in [0.25, 0.3) is 19.4 Å². The van der Waals surface area contributed by atoms with Crippen molar-refractivity contribution in [3.8, 4) is 46.0 Å². The Morgan fingerprint density at radius 1 is 0.448 bits per heavy atom. The van der Waals surface area contributed by atoms with Crippen molar-refractivity contribution < 1.29 is 76.3 Å². The van der Waals surface area contributed by atoms with Gasteiger partial charge in [0.2, 0.25) is 50.8 Å². The number of likely N-dealkylation sites (N-methyl/N-ethyl adjacent to an activating group) is 4. The fraction of sp³-hybridized carbons (Fsp3) is 0.500. The average Bonchev–Trinajstić information content (AvgIpc) is 1.48. The van der Waals surface area contributed by atoms with Crippen molar-refractivity contribution in [2.75, 3.05) is 55.4 Å². The van der Waals surface area contributed by atoms with E-state index in [0.717, 1.165) is 31.1 Å². The molecule has 105 heavy (non-hydrogen) atoms. The van der Waals surface area contributed by atoms with E-state index < -0.39 is 99.4 Å². The third-order valence-corrected chi connectivity index (χ3v) is 33.2. The highest BCUT2D eigenvalue weighted by Gasteiger charge is 2.83. The molecule has 7 unspecified atom stereocenters. The van der Waals surface area contributed by atoms with Crippen molar-refractivity contribution >= 4 is 98.4 Å². The van der Waals surface area contributed by atoms with Crippen LogP contribution in [0.15, 0.2) is 72.8 Å². The van der Waals surface area contributed by atoms with Crippen LogP contribution < -0.4 is 37.9 Å². The van der Waals surface area contributed by atoms with E-state index in [1.165, 1.54) is 31.4 Å². The molecule has 15 aliphatic heterocycles. The van der Waals surface area contributed by atoms with Gasteiger partial charge in [-0.05, 0) is 128 Å². The average molecular weight is 1520 g/mol. The zero-order valence-corrected chi connectivity index (χ0v) is 63.2. The van der Waals surface area contributed by atoms with E-state index in [4.69, 9.17) is 75.4 Å². The van der Waals surface area contributed by atoms with Crippen molar-refractivity contribution in [3.63, 3.8) is 0 Å². The number of rotatable bonds is 4. The highest BCUT2D eigenvalue weighted by molar-refractivity contribution is 8.78. The molecule has 4 bridgehead atoms. The van der Waals surface area contributed by atoms with Gasteiger partial charge in [0, 0.05) is 55.9 Å². The maximum Gasteiger partial charge on any atom is 0.262 e. The Kier molecular flexibility index (Phi) is 16.4. The highest BCUT2D eigenvalue weighted by Crippen LogP contribution is 2.69. The number of nitrogens with zero attached hydrogens (tertiary/aromatic N) is 12. The smallest absolute Gasteiger partial charge is 0.262 e. The number of carbonyl (C=O) groups excluding carboxylic acids is 8. The monoisotopic (exact) mass is 1520 g/mol. The molecule has 11 saturated heterocycles. The highest BCUT2D eigenvalue weighted by atomic mass is 33.1. The van der Waals surface area contributed by atoms with Crippen molar-refractivity contribution in [1.82, 2.24) is 39.2 Å². The Hall–Kier alpha value is -9.51. The fourth-order valence-electron chi connectivity index (χ4n) is 17.7. The zero-order chi connectivity index (χ0) is 75.1. The first kappa shape index (κ1) is 71.1. The molecule has 8 amide bonds. The molecule has 0 aliphatic carbocycles. The van der Waals surface area contributed by atoms with E-state index in [-0.39, 0.29) is 80.9 Å². The zero-order valence-electron chi connectivity index (χ0n) is 59.1. The molecule has 0 saturated carbocycles. The lowest BCUT2D eigenvalue weighted by Gasteiger charge is -2.57. The number of ether oxygens (including phenoxy) is 8. The maximum absolute atomic E-state index is 13.6. The molecule has 0 aromatic heterocycles. The second-order valence-electron chi connectivity index (χ2n) is 29.6. The van der Waals surface area contributed by atoms with Gasteiger partial charge >= 0.3 is 0 Å². The van der Waals surface area contributed by atoms with Gasteiger partial charge in [0.1, 0.15) is 48.3 Å². The predicted octanol–water partition coefficient (Wildman–Crippen LogP) is 7.18. The molecule has 4 aromatic carbocycles. The summed E-state index contributed by atoms with van der Waals surface area (Å²) in [4.78, 5) is 129. The number of hydrogen-bond donors (Lipinski definition) is 0. The van der Waals surface area contributed by atoms with Crippen LogP contribution in [0.5, 0.6) is 46.0 Å². The van der Waals surface area contributed by atoms with Crippen LogP contribution in [-0.2, 0) is 67.9 Å². The van der Waals surface area contributed by atoms with Crippen LogP contribution in [-0.4, -0.2) is 208 Å². The lowest BCUT2D eigenvalue weighted by Crippen LogP contribution is -2.73. The van der Waals surface area contributed by atoms with Crippen molar-refractivity contribution in [2.24, 2.45) is 0 Å². The Morgan fingerprint density at radius 3 is 1.19 bits per heavy atom. The molecule has 4 aromatic rings. The Labute approximate surface area is 623 Å². The van der Waals surface area contributed by atoms with E-state index in [1.54, 1.807) is 110 Å². The molecule has 546 valence electrons. The Balaban J connectivity index is 0.000000113. The summed E-state index contributed by atoms with van der Waals surface area (Å²) in [6, 6.07) is 17.6. The van der Waals surface area contributed by atoms with Crippen LogP contribution in [0.3, 0.4) is 0 Å². The minimum atomic E-state index is -1.06. The topological polar surface area (TPSA) is 254 Å². The standard InChI is InChI=1S/C18H17N3O4S3.C18H17N3O4S2.2C18H19N3O4/c1-16(19-3)8-18-15(23)20(4)17(2,28(18)27-26)14(22)21(18)13(16)10-5-6-11-12(7-10)25-9-24-11;1-16(19-3)8-18-15(23)20(4)17(2,26-27-18)14(22)21(18)13(16)10-5-6-11-12(7-10)25-9-24-11;2*1-10-16(22)21-12(17(23)20(10)4)8-18(2,19-3)15(21)11-5-6-13-14(7-11)25-9-24-13/h5-7,13H,8-9H2,1-2,4H3;5-7,13H,8-9H2,1-2,4H3;2*5-7,10,12,15H,8-9H2,1-2,4H3/t13?,16-,17+,18-,28?;13?,16-,17+,18-;10-,12?,15?,18+;10-,12?,15?,18-/m0010/s1. The van der Waals surface area contributed by atoms with Gasteiger partial charge in [0.25, 0.3) is 45.8 Å². The van der Waals surface area contributed by atoms with Crippen LogP contribution >= 0.6 is 21.6 Å². The SMILES string of the molecule is [C-]#[N+][C@@]1(C)CC2C(=O)N(C)[C@@H](C)C(=O)N2C1c1ccc2c(c1)OCO2.[C-]#[N+][C@@]1(C)CC2C(=O)N(C)[C@H](C)C(=O)N2C1c1ccc2c(c1)OCO2.[C-]#[N+][C@@]1(C)C[C@@]23SS[C@](C)(C(=O)N2C1c1ccc2c(c1)OCO2)N(C)C3=O.[C-]#[N+][C@@]1(C)C[C@]23C(=O)N(C)[C@@](C)(C(=O)N2C1c1ccc2c(c1)OCO2)S3=S=S. The van der Waals surface area contributed by atoms with Crippen LogP contribution in [0.2, 0.25) is 0 Å². The molecule has 33 heteroatoms. The maximum atomic E-state index is 13.6. The van der Waals surface area contributed by atoms with E-state index in [2.05, 4.69) is 19.4 Å². The van der Waals surface area contributed by atoms with E-state index >= 15 is 0 Å². The minimum Gasteiger partial charge on any atom is -0.454 e. The molecule has 0 radical (unpaired) electrons. The van der Waals surface area contributed by atoms with Crippen molar-refractivity contribution in [3.05, 3.63) is 141 Å². The second-order valence-corrected chi connectivity index (χ2v) is 37.2. The van der Waals surface area contributed by atoms with Gasteiger partial charge in [-0.15, -0.1) is 0 Å². The van der Waals surface area contributed by atoms with Crippen molar-refractivity contribution in [1.29, 1.82) is 0 Å². The molecular weight excluding hydrogens is 1450 g/mol. The fourth-order valence-corrected chi connectivity index (χ4v) is 27.9. The normalized spacial score (nSPS) is 36.6. The van der Waals surface area contributed by atoms with Gasteiger partial charge in [-0.1, -0.05) is 45.9 Å². The number of piperazine rings is 4. The number of fused-ring (bicyclic) bond motifs is 9. The summed E-state index contributed by atoms with van der Waals surface area (Å²) < 4.78 is 43.4. The molecule has 19 rings (SSSR count). The number of hydrogen-bond acceptors (Lipinski definition) is 19. The summed E-state index contributed by atoms with van der Waals surface area (Å²) in [7, 11) is 9.87. The summed E-state index contributed by atoms with van der Waals surface area (Å²) in [6.45, 7) is 46.2. The number of amides is 8. The van der Waals surface area contributed by atoms with Gasteiger partial charge in [-0.2, -0.15) is 0 Å². The Bertz CT molecular complexity index is 4710. The summed E-state index contributed by atoms with van der Waals surface area (Å²) >= 11 is 5.34. The molecule has 15 aliphatic rings. The number of carbonyl (C=O) groups is 8. The van der Waals surface area contributed by atoms with Gasteiger partial charge in [-0.25, -0.2) is 26.3 Å². The van der Waals surface area contributed by atoms with Gasteiger partial charge in [-0.3, -0.25) is 38.4 Å². The predicted molar refractivity (Wildman–Crippen MR) is 384 cm³/mol. The quantitative estimate of drug-likeness (QED) is 0.145. The molecule has 0 N–H and O–H groups in total. The van der Waals surface area contributed by atoms with E-state index in [1.807, 2.05) is 76.2 Å². The molecule has 2 spiro atoms. The third-order valence-electron chi connectivity index (χ3n) is 23.7. The lowest BCUT2D eigenvalue weighted by atomic mass is 9.87. The molecule has 17 atom stereocenters. The number of benzene rings is 4. The van der Waals surface area contributed by atoms with Gasteiger partial charge in [0.15, 0.2) is 65.5 Å². The van der Waals surface area contributed by atoms with Crippen LogP contribution in [0.1, 0.15) is 127 Å². The summed E-state index contributed by atoms with van der Waals surface area (Å²) in [5.74, 6) is 4.06. The molecule has 11 fully saturated rings. The summed E-state index contributed by atoms with van der Waals surface area (Å²) in [5.41, 5.74) is -0.433. The summed E-state index contributed by atoms with van der Waals surface area (Å²) in [6.07, 6.45) is 1.24. The first-order valence-corrected chi connectivity index (χ1v) is 39.4. The van der Waals surface area contributed by atoms with Crippen LogP contribution in [0, 0.1) is 26.3 Å². The third kappa shape index (κ3) is 9.65.